The molecule has 5 rings (SSSR count). The maximum absolute atomic E-state index is 10.1. The number of aliphatic hydroxyl groups excluding tert-OH is 2. The molecule has 2 nitrogen and oxygen atoms in total. The molecule has 0 heterocycles. The molecule has 0 unspecified atom stereocenters. The van der Waals surface area contributed by atoms with E-state index in [0.29, 0.717) is 23.7 Å². The average molecular weight is 178 g/mol. The number of aliphatic hydroxyl groups is 2. The first-order valence-electron chi connectivity index (χ1n) is 5.67. The van der Waals surface area contributed by atoms with Gasteiger partial charge < -0.3 is 10.2 Å². The largest absolute Gasteiger partial charge is 0.393 e. The van der Waals surface area contributed by atoms with Crippen LogP contribution in [-0.4, -0.2) is 22.4 Å². The Bertz CT molecular complexity index is 281. The first-order valence-corrected chi connectivity index (χ1v) is 5.67. The zero-order valence-corrected chi connectivity index (χ0v) is 7.38. The molecule has 2 N–H and O–H groups in total. The van der Waals surface area contributed by atoms with Crippen LogP contribution in [0.3, 0.4) is 0 Å². The predicted molar refractivity (Wildman–Crippen MR) is 44.6 cm³/mol. The van der Waals surface area contributed by atoms with Crippen molar-refractivity contribution in [1.82, 2.24) is 0 Å². The summed E-state index contributed by atoms with van der Waals surface area (Å²) in [4.78, 5) is 0. The standard InChI is InChI=1S/C11H14O2/c12-10-6-2-1-3-5-4(2)8(10)9(5)11(13)7(3)6/h2-13H,1H2/t2-,3+,4-,5+,6-,7+,8-,9-,10+,11-/m0/s1. The SMILES string of the molecule is O[C@@H]1[C@@H]2[C@H]3[C@H](O)[C@H]4[C@H]5C[C@H]([C@@H]2[C@H]53)[C@@H]14. The van der Waals surface area contributed by atoms with E-state index in [0.717, 1.165) is 23.7 Å². The lowest BCUT2D eigenvalue weighted by molar-refractivity contribution is -0.109. The number of hydrogen-bond acceptors (Lipinski definition) is 2. The third kappa shape index (κ3) is 0.375. The van der Waals surface area contributed by atoms with E-state index in [9.17, 15) is 10.2 Å². The fourth-order valence-electron chi connectivity index (χ4n) is 6.44. The minimum absolute atomic E-state index is 0.0304. The molecule has 5 fully saturated rings. The maximum Gasteiger partial charge on any atom is 0.0609 e. The van der Waals surface area contributed by atoms with Gasteiger partial charge in [0.2, 0.25) is 0 Å². The van der Waals surface area contributed by atoms with E-state index in [2.05, 4.69) is 0 Å². The lowest BCUT2D eigenvalue weighted by Crippen LogP contribution is -2.51. The van der Waals surface area contributed by atoms with Crippen LogP contribution in [0.25, 0.3) is 0 Å². The van der Waals surface area contributed by atoms with Crippen molar-refractivity contribution < 1.29 is 10.2 Å². The van der Waals surface area contributed by atoms with Crippen LogP contribution in [0.2, 0.25) is 0 Å². The van der Waals surface area contributed by atoms with E-state index in [4.69, 9.17) is 0 Å². The van der Waals surface area contributed by atoms with Crippen molar-refractivity contribution in [2.75, 3.05) is 0 Å². The summed E-state index contributed by atoms with van der Waals surface area (Å²) >= 11 is 0. The molecule has 5 aliphatic rings. The van der Waals surface area contributed by atoms with Crippen LogP contribution in [0, 0.1) is 47.3 Å². The number of rotatable bonds is 0. The third-order valence-electron chi connectivity index (χ3n) is 6.32. The summed E-state index contributed by atoms with van der Waals surface area (Å²) in [7, 11) is 0. The molecule has 2 heteroatoms. The van der Waals surface area contributed by atoms with Gasteiger partial charge in [-0.05, 0) is 53.8 Å². The van der Waals surface area contributed by atoms with E-state index in [1.807, 2.05) is 0 Å². The van der Waals surface area contributed by atoms with Crippen molar-refractivity contribution in [3.63, 3.8) is 0 Å². The summed E-state index contributed by atoms with van der Waals surface area (Å²) in [6, 6.07) is 0. The van der Waals surface area contributed by atoms with Crippen LogP contribution in [-0.2, 0) is 0 Å². The van der Waals surface area contributed by atoms with E-state index in [-0.39, 0.29) is 12.2 Å². The second kappa shape index (κ2) is 1.49. The van der Waals surface area contributed by atoms with Gasteiger partial charge in [-0.2, -0.15) is 0 Å². The van der Waals surface area contributed by atoms with Crippen molar-refractivity contribution >= 4 is 0 Å². The fourth-order valence-corrected chi connectivity index (χ4v) is 6.44. The number of hydrogen-bond donors (Lipinski definition) is 2. The van der Waals surface area contributed by atoms with Gasteiger partial charge in [-0.15, -0.1) is 0 Å². The van der Waals surface area contributed by atoms with Crippen LogP contribution >= 0.6 is 0 Å². The monoisotopic (exact) mass is 178 g/mol. The highest BCUT2D eigenvalue weighted by molar-refractivity contribution is 5.30. The zero-order valence-electron chi connectivity index (χ0n) is 7.38. The first-order chi connectivity index (χ1) is 6.30. The van der Waals surface area contributed by atoms with Crippen molar-refractivity contribution in [3.05, 3.63) is 0 Å². The fraction of sp³-hybridized carbons (Fsp3) is 1.00. The highest BCUT2D eigenvalue weighted by atomic mass is 16.3. The molecular weight excluding hydrogens is 164 g/mol. The summed E-state index contributed by atoms with van der Waals surface area (Å²) in [6.45, 7) is 0. The van der Waals surface area contributed by atoms with Gasteiger partial charge in [-0.25, -0.2) is 0 Å². The van der Waals surface area contributed by atoms with Crippen LogP contribution in [0.4, 0.5) is 0 Å². The quantitative estimate of drug-likeness (QED) is 0.552. The van der Waals surface area contributed by atoms with Gasteiger partial charge >= 0.3 is 0 Å². The summed E-state index contributed by atoms with van der Waals surface area (Å²) in [5, 5.41) is 20.2. The Morgan fingerprint density at radius 2 is 1.08 bits per heavy atom. The molecule has 0 amide bonds. The summed E-state index contributed by atoms with van der Waals surface area (Å²) in [5.74, 6) is 5.33. The molecule has 10 atom stereocenters. The summed E-state index contributed by atoms with van der Waals surface area (Å²) < 4.78 is 0. The topological polar surface area (TPSA) is 40.5 Å². The minimum atomic E-state index is -0.0304. The van der Waals surface area contributed by atoms with Crippen molar-refractivity contribution in [2.45, 2.75) is 18.6 Å². The molecule has 70 valence electrons. The molecule has 0 aliphatic heterocycles. The van der Waals surface area contributed by atoms with E-state index in [1.54, 1.807) is 0 Å². The third-order valence-corrected chi connectivity index (χ3v) is 6.32. The lowest BCUT2D eigenvalue weighted by Gasteiger charge is -2.47. The molecule has 0 spiro atoms. The highest BCUT2D eigenvalue weighted by Crippen LogP contribution is 2.82. The first kappa shape index (κ1) is 6.41. The molecule has 5 saturated carbocycles. The van der Waals surface area contributed by atoms with Gasteiger partial charge in [0.15, 0.2) is 0 Å². The van der Waals surface area contributed by atoms with Gasteiger partial charge in [0, 0.05) is 0 Å². The van der Waals surface area contributed by atoms with Gasteiger partial charge in [0.05, 0.1) is 12.2 Å². The van der Waals surface area contributed by atoms with Crippen LogP contribution in [0.1, 0.15) is 6.42 Å². The summed E-state index contributed by atoms with van der Waals surface area (Å²) in [5.41, 5.74) is 0. The van der Waals surface area contributed by atoms with Crippen LogP contribution < -0.4 is 0 Å². The van der Waals surface area contributed by atoms with Gasteiger partial charge in [0.1, 0.15) is 0 Å². The van der Waals surface area contributed by atoms with Gasteiger partial charge in [-0.1, -0.05) is 0 Å². The Morgan fingerprint density at radius 1 is 0.615 bits per heavy atom. The average Bonchev–Trinajstić information content (AvgIpc) is 2.52. The van der Waals surface area contributed by atoms with Gasteiger partial charge in [0.25, 0.3) is 0 Å². The van der Waals surface area contributed by atoms with Crippen LogP contribution in [0.15, 0.2) is 0 Å². The zero-order chi connectivity index (χ0) is 8.48. The molecule has 0 saturated heterocycles. The number of fused-ring (bicyclic) bond motifs is 2. The second-order valence-corrected chi connectivity index (χ2v) is 6.01. The maximum atomic E-state index is 10.1. The summed E-state index contributed by atoms with van der Waals surface area (Å²) in [6.07, 6.45) is 1.28. The molecule has 0 radical (unpaired) electrons. The second-order valence-electron chi connectivity index (χ2n) is 6.01. The highest BCUT2D eigenvalue weighted by Gasteiger charge is 2.83. The molecule has 13 heavy (non-hydrogen) atoms. The van der Waals surface area contributed by atoms with E-state index in [1.165, 1.54) is 6.42 Å². The molecular formula is C11H14O2. The Hall–Kier alpha value is -0.0800. The molecule has 2 bridgehead atoms. The molecule has 5 aliphatic carbocycles. The lowest BCUT2D eigenvalue weighted by atomic mass is 9.58. The Balaban J connectivity index is 1.83. The Labute approximate surface area is 76.9 Å². The Kier molecular flexibility index (Phi) is 0.733. The van der Waals surface area contributed by atoms with Crippen molar-refractivity contribution in [1.29, 1.82) is 0 Å². The molecule has 0 aromatic heterocycles. The van der Waals surface area contributed by atoms with Crippen molar-refractivity contribution in [2.24, 2.45) is 47.3 Å². The smallest absolute Gasteiger partial charge is 0.0609 e. The molecule has 0 aromatic rings. The van der Waals surface area contributed by atoms with E-state index >= 15 is 0 Å². The van der Waals surface area contributed by atoms with Gasteiger partial charge in [-0.3, -0.25) is 0 Å². The molecule has 0 aromatic carbocycles. The predicted octanol–water partition coefficient (Wildman–Crippen LogP) is 0.0959. The van der Waals surface area contributed by atoms with Crippen molar-refractivity contribution in [3.8, 4) is 0 Å². The van der Waals surface area contributed by atoms with Crippen LogP contribution in [0.5, 0.6) is 0 Å². The minimum Gasteiger partial charge on any atom is -0.393 e. The normalized spacial score (nSPS) is 85.4. The van der Waals surface area contributed by atoms with E-state index < -0.39 is 0 Å². The Morgan fingerprint density at radius 3 is 1.54 bits per heavy atom.